The molecule has 6 heteroatoms. The summed E-state index contributed by atoms with van der Waals surface area (Å²) in [4.78, 5) is 14.9. The summed E-state index contributed by atoms with van der Waals surface area (Å²) in [7, 11) is 0. The molecule has 0 N–H and O–H groups in total. The van der Waals surface area contributed by atoms with Crippen LogP contribution in [0.15, 0.2) is 24.3 Å². The quantitative estimate of drug-likeness (QED) is 0.837. The van der Waals surface area contributed by atoms with Crippen molar-refractivity contribution in [2.24, 2.45) is 0 Å². The second-order valence-electron chi connectivity index (χ2n) is 6.49. The van der Waals surface area contributed by atoms with Crippen LogP contribution in [0.25, 0.3) is 0 Å². The Bertz CT molecular complexity index is 767. The second kappa shape index (κ2) is 7.17. The Balaban J connectivity index is 1.85. The predicted octanol–water partition coefficient (Wildman–Crippen LogP) is 3.03. The van der Waals surface area contributed by atoms with Crippen molar-refractivity contribution in [2.75, 3.05) is 13.2 Å². The van der Waals surface area contributed by atoms with Crippen LogP contribution in [0.1, 0.15) is 42.5 Å². The predicted molar refractivity (Wildman–Crippen MR) is 95.1 cm³/mol. The molecule has 0 aliphatic carbocycles. The van der Waals surface area contributed by atoms with E-state index in [9.17, 15) is 4.79 Å². The van der Waals surface area contributed by atoms with E-state index >= 15 is 0 Å². The summed E-state index contributed by atoms with van der Waals surface area (Å²) in [6, 6.07) is 7.78. The topological polar surface area (TPSA) is 56.6 Å². The Labute approximate surface area is 148 Å². The van der Waals surface area contributed by atoms with Crippen molar-refractivity contribution >= 4 is 5.91 Å². The fourth-order valence-corrected chi connectivity index (χ4v) is 2.98. The van der Waals surface area contributed by atoms with Gasteiger partial charge in [-0.2, -0.15) is 5.10 Å². The molecule has 0 atom stereocenters. The van der Waals surface area contributed by atoms with Gasteiger partial charge in [0.2, 0.25) is 0 Å². The first kappa shape index (κ1) is 17.3. The van der Waals surface area contributed by atoms with E-state index in [0.717, 1.165) is 22.8 Å². The van der Waals surface area contributed by atoms with Gasteiger partial charge in [0.15, 0.2) is 11.5 Å². The molecule has 0 unspecified atom stereocenters. The molecule has 1 aliphatic rings. The summed E-state index contributed by atoms with van der Waals surface area (Å²) < 4.78 is 13.0. The lowest BCUT2D eigenvalue weighted by Crippen LogP contribution is -2.37. The highest BCUT2D eigenvalue weighted by Crippen LogP contribution is 2.31. The third-order valence-corrected chi connectivity index (χ3v) is 4.26. The van der Waals surface area contributed by atoms with Gasteiger partial charge in [-0.15, -0.1) is 0 Å². The number of benzene rings is 1. The monoisotopic (exact) mass is 343 g/mol. The van der Waals surface area contributed by atoms with Crippen LogP contribution >= 0.6 is 0 Å². The average molecular weight is 343 g/mol. The van der Waals surface area contributed by atoms with Crippen LogP contribution in [0.5, 0.6) is 11.5 Å². The Morgan fingerprint density at radius 2 is 1.96 bits per heavy atom. The molecule has 1 aromatic carbocycles. The number of ether oxygens (including phenoxy) is 2. The highest BCUT2D eigenvalue weighted by Gasteiger charge is 2.23. The van der Waals surface area contributed by atoms with E-state index in [-0.39, 0.29) is 11.9 Å². The minimum absolute atomic E-state index is 0.00709. The summed E-state index contributed by atoms with van der Waals surface area (Å²) in [5.74, 6) is 1.50. The number of aromatic nitrogens is 2. The van der Waals surface area contributed by atoms with Crippen molar-refractivity contribution in [3.63, 3.8) is 0 Å². The Hall–Kier alpha value is -2.50. The lowest BCUT2D eigenvalue weighted by molar-refractivity contribution is 0.0677. The fraction of sp³-hybridized carbons (Fsp3) is 0.474. The lowest BCUT2D eigenvalue weighted by Gasteiger charge is -2.27. The Morgan fingerprint density at radius 1 is 1.24 bits per heavy atom. The van der Waals surface area contributed by atoms with Crippen molar-refractivity contribution in [3.05, 3.63) is 41.2 Å². The number of fused-ring (bicyclic) bond motifs is 1. The molecular weight excluding hydrogens is 318 g/mol. The number of carbonyl (C=O) groups excluding carboxylic acids is 1. The summed E-state index contributed by atoms with van der Waals surface area (Å²) in [5.41, 5.74) is 2.50. The second-order valence-corrected chi connectivity index (χ2v) is 6.49. The van der Waals surface area contributed by atoms with Gasteiger partial charge >= 0.3 is 0 Å². The number of hydrogen-bond donors (Lipinski definition) is 0. The van der Waals surface area contributed by atoms with Crippen LogP contribution in [-0.2, 0) is 13.1 Å². The third kappa shape index (κ3) is 3.62. The summed E-state index contributed by atoms with van der Waals surface area (Å²) in [6.45, 7) is 10.3. The van der Waals surface area contributed by atoms with Crippen LogP contribution < -0.4 is 9.47 Å². The number of hydrogen-bond acceptors (Lipinski definition) is 4. The largest absolute Gasteiger partial charge is 0.486 e. The SMILES string of the molecule is CCn1nc(C)cc1C(=O)N(Cc1ccc2c(c1)OCCO2)C(C)C. The summed E-state index contributed by atoms with van der Waals surface area (Å²) in [5, 5.41) is 4.39. The van der Waals surface area contributed by atoms with Crippen LogP contribution in [0.2, 0.25) is 0 Å². The van der Waals surface area contributed by atoms with Gasteiger partial charge in [0.25, 0.3) is 5.91 Å². The van der Waals surface area contributed by atoms with Crippen LogP contribution in [0.4, 0.5) is 0 Å². The Kier molecular flexibility index (Phi) is 4.97. The maximum atomic E-state index is 13.1. The van der Waals surface area contributed by atoms with E-state index < -0.39 is 0 Å². The molecule has 0 bridgehead atoms. The standard InChI is InChI=1S/C19H25N3O3/c1-5-22-16(10-14(4)20-22)19(23)21(13(2)3)12-15-6-7-17-18(11-15)25-9-8-24-17/h6-7,10-11,13H,5,8-9,12H2,1-4H3. The number of rotatable bonds is 5. The maximum Gasteiger partial charge on any atom is 0.272 e. The zero-order valence-corrected chi connectivity index (χ0v) is 15.3. The molecular formula is C19H25N3O3. The van der Waals surface area contributed by atoms with Gasteiger partial charge < -0.3 is 14.4 Å². The molecule has 2 heterocycles. The van der Waals surface area contributed by atoms with Crippen LogP contribution in [-0.4, -0.2) is 39.8 Å². The maximum absolute atomic E-state index is 13.1. The van der Waals surface area contributed by atoms with E-state index in [4.69, 9.17) is 9.47 Å². The number of carbonyl (C=O) groups is 1. The molecule has 0 fully saturated rings. The normalized spacial score (nSPS) is 13.2. The van der Waals surface area contributed by atoms with Crippen molar-refractivity contribution in [1.82, 2.24) is 14.7 Å². The van der Waals surface area contributed by atoms with Gasteiger partial charge in [-0.1, -0.05) is 6.07 Å². The van der Waals surface area contributed by atoms with Gasteiger partial charge in [0.05, 0.1) is 5.69 Å². The number of nitrogens with zero attached hydrogens (tertiary/aromatic N) is 3. The molecule has 3 rings (SSSR count). The van der Waals surface area contributed by atoms with Gasteiger partial charge in [0, 0.05) is 19.1 Å². The molecule has 0 radical (unpaired) electrons. The molecule has 6 nitrogen and oxygen atoms in total. The Morgan fingerprint density at radius 3 is 2.64 bits per heavy atom. The molecule has 1 aromatic heterocycles. The first-order valence-electron chi connectivity index (χ1n) is 8.73. The zero-order valence-electron chi connectivity index (χ0n) is 15.3. The van der Waals surface area contributed by atoms with Gasteiger partial charge in [-0.3, -0.25) is 9.48 Å². The average Bonchev–Trinajstić information content (AvgIpc) is 2.99. The van der Waals surface area contributed by atoms with E-state index in [1.54, 1.807) is 4.68 Å². The first-order valence-corrected chi connectivity index (χ1v) is 8.73. The molecule has 0 spiro atoms. The van der Waals surface area contributed by atoms with Crippen molar-refractivity contribution in [2.45, 2.75) is 46.8 Å². The molecule has 1 amide bonds. The highest BCUT2D eigenvalue weighted by atomic mass is 16.6. The minimum atomic E-state index is -0.00709. The summed E-state index contributed by atoms with van der Waals surface area (Å²) in [6.07, 6.45) is 0. The smallest absolute Gasteiger partial charge is 0.272 e. The number of amides is 1. The molecule has 0 saturated carbocycles. The van der Waals surface area contributed by atoms with Gasteiger partial charge in [0.1, 0.15) is 18.9 Å². The van der Waals surface area contributed by atoms with E-state index in [1.807, 2.05) is 56.9 Å². The van der Waals surface area contributed by atoms with Crippen molar-refractivity contribution in [1.29, 1.82) is 0 Å². The zero-order chi connectivity index (χ0) is 18.0. The molecule has 25 heavy (non-hydrogen) atoms. The fourth-order valence-electron chi connectivity index (χ4n) is 2.98. The van der Waals surface area contributed by atoms with Gasteiger partial charge in [-0.05, 0) is 51.5 Å². The molecule has 134 valence electrons. The number of aryl methyl sites for hydroxylation is 2. The van der Waals surface area contributed by atoms with Crippen LogP contribution in [0.3, 0.4) is 0 Å². The molecule has 0 saturated heterocycles. The van der Waals surface area contributed by atoms with E-state index in [0.29, 0.717) is 32.0 Å². The van der Waals surface area contributed by atoms with Crippen molar-refractivity contribution in [3.8, 4) is 11.5 Å². The minimum Gasteiger partial charge on any atom is -0.486 e. The van der Waals surface area contributed by atoms with Gasteiger partial charge in [-0.25, -0.2) is 0 Å². The van der Waals surface area contributed by atoms with E-state index in [2.05, 4.69) is 5.10 Å². The summed E-state index contributed by atoms with van der Waals surface area (Å²) >= 11 is 0. The third-order valence-electron chi connectivity index (χ3n) is 4.26. The molecule has 1 aliphatic heterocycles. The lowest BCUT2D eigenvalue weighted by atomic mass is 10.1. The highest BCUT2D eigenvalue weighted by molar-refractivity contribution is 5.93. The molecule has 2 aromatic rings. The van der Waals surface area contributed by atoms with E-state index in [1.165, 1.54) is 0 Å². The van der Waals surface area contributed by atoms with Crippen molar-refractivity contribution < 1.29 is 14.3 Å². The van der Waals surface area contributed by atoms with Crippen LogP contribution in [0, 0.1) is 6.92 Å². The first-order chi connectivity index (χ1) is 12.0.